The fraction of sp³-hybridized carbons (Fsp3) is 0.333. The van der Waals surface area contributed by atoms with Crippen LogP contribution in [0.1, 0.15) is 10.5 Å². The van der Waals surface area contributed by atoms with Crippen molar-refractivity contribution >= 4 is 18.0 Å². The molecule has 1 heterocycles. The Kier molecular flexibility index (Phi) is 4.32. The van der Waals surface area contributed by atoms with Gasteiger partial charge >= 0.3 is 0 Å². The first-order chi connectivity index (χ1) is 6.36. The standard InChI is InChI=1S/C9H11NO2S/c1-13-5-4-12-9-3-2-8(7-11)10-6-9/h2-3,6-7H,4-5H2,1H3. The van der Waals surface area contributed by atoms with Crippen LogP contribution in [-0.4, -0.2) is 29.9 Å². The number of rotatable bonds is 5. The maximum Gasteiger partial charge on any atom is 0.168 e. The Balaban J connectivity index is 2.44. The Labute approximate surface area is 81.5 Å². The number of hydrogen-bond donors (Lipinski definition) is 0. The van der Waals surface area contributed by atoms with Gasteiger partial charge in [0.05, 0.1) is 12.8 Å². The second kappa shape index (κ2) is 5.59. The third-order valence-electron chi connectivity index (χ3n) is 1.44. The molecule has 0 N–H and O–H groups in total. The van der Waals surface area contributed by atoms with E-state index < -0.39 is 0 Å². The van der Waals surface area contributed by atoms with Crippen molar-refractivity contribution in [1.29, 1.82) is 0 Å². The number of ether oxygens (including phenoxy) is 1. The van der Waals surface area contributed by atoms with Gasteiger partial charge in [-0.15, -0.1) is 0 Å². The van der Waals surface area contributed by atoms with Crippen molar-refractivity contribution in [3.05, 3.63) is 24.0 Å². The van der Waals surface area contributed by atoms with Gasteiger partial charge in [-0.05, 0) is 18.4 Å². The topological polar surface area (TPSA) is 39.2 Å². The van der Waals surface area contributed by atoms with Crippen LogP contribution in [0.15, 0.2) is 18.3 Å². The monoisotopic (exact) mass is 197 g/mol. The molecule has 0 amide bonds. The van der Waals surface area contributed by atoms with Crippen molar-refractivity contribution in [3.63, 3.8) is 0 Å². The minimum absolute atomic E-state index is 0.428. The Morgan fingerprint density at radius 3 is 3.00 bits per heavy atom. The van der Waals surface area contributed by atoms with Gasteiger partial charge in [0.15, 0.2) is 6.29 Å². The number of carbonyl (C=O) groups excluding carboxylic acids is 1. The smallest absolute Gasteiger partial charge is 0.168 e. The van der Waals surface area contributed by atoms with E-state index in [4.69, 9.17) is 4.74 Å². The van der Waals surface area contributed by atoms with Crippen LogP contribution in [0.3, 0.4) is 0 Å². The second-order valence-corrected chi connectivity index (χ2v) is 3.36. The quantitative estimate of drug-likeness (QED) is 0.531. The van der Waals surface area contributed by atoms with Gasteiger partial charge in [-0.3, -0.25) is 4.79 Å². The van der Waals surface area contributed by atoms with Gasteiger partial charge in [-0.2, -0.15) is 11.8 Å². The van der Waals surface area contributed by atoms with Gasteiger partial charge in [0.25, 0.3) is 0 Å². The van der Waals surface area contributed by atoms with Crippen LogP contribution >= 0.6 is 11.8 Å². The first kappa shape index (κ1) is 10.1. The minimum atomic E-state index is 0.428. The molecule has 0 unspecified atom stereocenters. The molecule has 13 heavy (non-hydrogen) atoms. The molecule has 0 saturated heterocycles. The van der Waals surface area contributed by atoms with Crippen LogP contribution in [0.25, 0.3) is 0 Å². The summed E-state index contributed by atoms with van der Waals surface area (Å²) in [5.41, 5.74) is 0.428. The molecule has 0 saturated carbocycles. The van der Waals surface area contributed by atoms with E-state index in [1.165, 1.54) is 0 Å². The molecule has 3 nitrogen and oxygen atoms in total. The molecule has 1 aromatic rings. The molecule has 0 fully saturated rings. The zero-order valence-corrected chi connectivity index (χ0v) is 8.21. The molecule has 0 aliphatic rings. The Morgan fingerprint density at radius 1 is 1.62 bits per heavy atom. The highest BCUT2D eigenvalue weighted by Gasteiger charge is 1.94. The molecule has 4 heteroatoms. The number of thioether (sulfide) groups is 1. The van der Waals surface area contributed by atoms with E-state index in [0.29, 0.717) is 24.3 Å². The molecule has 70 valence electrons. The van der Waals surface area contributed by atoms with Crippen LogP contribution in [0, 0.1) is 0 Å². The summed E-state index contributed by atoms with van der Waals surface area (Å²) in [4.78, 5) is 14.1. The summed E-state index contributed by atoms with van der Waals surface area (Å²) >= 11 is 1.73. The minimum Gasteiger partial charge on any atom is -0.491 e. The third-order valence-corrected chi connectivity index (χ3v) is 2.01. The molecule has 0 atom stereocenters. The van der Waals surface area contributed by atoms with E-state index in [1.54, 1.807) is 30.1 Å². The zero-order chi connectivity index (χ0) is 9.52. The Hall–Kier alpha value is -1.03. The summed E-state index contributed by atoms with van der Waals surface area (Å²) in [5.74, 6) is 1.66. The normalized spacial score (nSPS) is 9.62. The van der Waals surface area contributed by atoms with Crippen molar-refractivity contribution < 1.29 is 9.53 Å². The summed E-state index contributed by atoms with van der Waals surface area (Å²) in [6, 6.07) is 3.39. The van der Waals surface area contributed by atoms with E-state index in [0.717, 1.165) is 5.75 Å². The number of carbonyl (C=O) groups is 1. The highest BCUT2D eigenvalue weighted by Crippen LogP contribution is 2.08. The van der Waals surface area contributed by atoms with E-state index in [1.807, 2.05) is 6.26 Å². The molecule has 0 spiro atoms. The van der Waals surface area contributed by atoms with Crippen molar-refractivity contribution in [3.8, 4) is 5.75 Å². The number of hydrogen-bond acceptors (Lipinski definition) is 4. The summed E-state index contributed by atoms with van der Waals surface area (Å²) < 4.78 is 5.35. The molecule has 1 aromatic heterocycles. The molecular weight excluding hydrogens is 186 g/mol. The molecule has 0 aromatic carbocycles. The van der Waals surface area contributed by atoms with E-state index in [9.17, 15) is 4.79 Å². The summed E-state index contributed by atoms with van der Waals surface area (Å²) in [5, 5.41) is 0. The van der Waals surface area contributed by atoms with Gasteiger partial charge in [-0.1, -0.05) is 0 Å². The zero-order valence-electron chi connectivity index (χ0n) is 7.40. The predicted molar refractivity (Wildman–Crippen MR) is 53.5 cm³/mol. The van der Waals surface area contributed by atoms with Gasteiger partial charge < -0.3 is 4.74 Å². The molecule has 0 radical (unpaired) electrons. The van der Waals surface area contributed by atoms with Crippen LogP contribution in [-0.2, 0) is 0 Å². The molecule has 0 aliphatic carbocycles. The van der Waals surface area contributed by atoms with Gasteiger partial charge in [0.1, 0.15) is 11.4 Å². The lowest BCUT2D eigenvalue weighted by atomic mass is 10.4. The van der Waals surface area contributed by atoms with Crippen LogP contribution in [0.4, 0.5) is 0 Å². The Morgan fingerprint density at radius 2 is 2.46 bits per heavy atom. The fourth-order valence-electron chi connectivity index (χ4n) is 0.790. The molecule has 0 aliphatic heterocycles. The SMILES string of the molecule is CSCCOc1ccc(C=O)nc1. The highest BCUT2D eigenvalue weighted by atomic mass is 32.2. The lowest BCUT2D eigenvalue weighted by Crippen LogP contribution is -2.00. The van der Waals surface area contributed by atoms with Crippen LogP contribution < -0.4 is 4.74 Å². The average molecular weight is 197 g/mol. The number of aromatic nitrogens is 1. The van der Waals surface area contributed by atoms with E-state index in [2.05, 4.69) is 4.98 Å². The average Bonchev–Trinajstić information content (AvgIpc) is 2.19. The van der Waals surface area contributed by atoms with Crippen molar-refractivity contribution in [2.24, 2.45) is 0 Å². The Bertz CT molecular complexity index is 261. The van der Waals surface area contributed by atoms with Crippen molar-refractivity contribution in [2.75, 3.05) is 18.6 Å². The molecule has 0 bridgehead atoms. The van der Waals surface area contributed by atoms with Crippen LogP contribution in [0.5, 0.6) is 5.75 Å². The van der Waals surface area contributed by atoms with Crippen molar-refractivity contribution in [1.82, 2.24) is 4.98 Å². The fourth-order valence-corrected chi connectivity index (χ4v) is 1.04. The summed E-state index contributed by atoms with van der Waals surface area (Å²) in [7, 11) is 0. The highest BCUT2D eigenvalue weighted by molar-refractivity contribution is 7.98. The second-order valence-electron chi connectivity index (χ2n) is 2.38. The number of aldehydes is 1. The first-order valence-corrected chi connectivity index (χ1v) is 5.29. The predicted octanol–water partition coefficient (Wildman–Crippen LogP) is 1.64. The first-order valence-electron chi connectivity index (χ1n) is 3.90. The van der Waals surface area contributed by atoms with Gasteiger partial charge in [0.2, 0.25) is 0 Å². The van der Waals surface area contributed by atoms with Gasteiger partial charge in [0, 0.05) is 5.75 Å². The largest absolute Gasteiger partial charge is 0.491 e. The molecule has 1 rings (SSSR count). The summed E-state index contributed by atoms with van der Waals surface area (Å²) in [6.07, 6.45) is 4.30. The number of nitrogens with zero attached hydrogens (tertiary/aromatic N) is 1. The van der Waals surface area contributed by atoms with Crippen molar-refractivity contribution in [2.45, 2.75) is 0 Å². The van der Waals surface area contributed by atoms with E-state index >= 15 is 0 Å². The maximum absolute atomic E-state index is 10.3. The lowest BCUT2D eigenvalue weighted by Gasteiger charge is -2.03. The summed E-state index contributed by atoms with van der Waals surface area (Å²) in [6.45, 7) is 0.670. The van der Waals surface area contributed by atoms with Crippen LogP contribution in [0.2, 0.25) is 0 Å². The number of pyridine rings is 1. The van der Waals surface area contributed by atoms with Gasteiger partial charge in [-0.25, -0.2) is 4.98 Å². The van der Waals surface area contributed by atoms with E-state index in [-0.39, 0.29) is 0 Å². The molecular formula is C9H11NO2S. The maximum atomic E-state index is 10.3. The lowest BCUT2D eigenvalue weighted by molar-refractivity contribution is 0.111. The third kappa shape index (κ3) is 3.46.